The zero-order chi connectivity index (χ0) is 12.0. The number of anilines is 1. The molecule has 1 heterocycles. The molecule has 0 aliphatic heterocycles. The molecule has 5 heteroatoms. The Labute approximate surface area is 102 Å². The summed E-state index contributed by atoms with van der Waals surface area (Å²) in [6.45, 7) is 5.42. The van der Waals surface area contributed by atoms with Crippen molar-refractivity contribution in [1.29, 1.82) is 0 Å². The first-order valence-corrected chi connectivity index (χ1v) is 6.63. The predicted octanol–water partition coefficient (Wildman–Crippen LogP) is 2.24. The highest BCUT2D eigenvalue weighted by Gasteiger charge is 2.07. The molecule has 0 bridgehead atoms. The zero-order valence-corrected chi connectivity index (χ0v) is 11.5. The Bertz CT molecular complexity index is 298. The molecule has 0 saturated heterocycles. The Morgan fingerprint density at radius 1 is 1.44 bits per heavy atom. The number of rotatable bonds is 7. The fourth-order valence-electron chi connectivity index (χ4n) is 1.37. The molecule has 0 fully saturated rings. The minimum Gasteiger partial charge on any atom is -0.358 e. The van der Waals surface area contributed by atoms with Crippen molar-refractivity contribution in [3.8, 4) is 0 Å². The molecule has 0 aliphatic carbocycles. The molecule has 0 amide bonds. The van der Waals surface area contributed by atoms with E-state index in [9.17, 15) is 0 Å². The second kappa shape index (κ2) is 6.81. The van der Waals surface area contributed by atoms with Crippen LogP contribution in [0.1, 0.15) is 32.5 Å². The molecule has 1 unspecified atom stereocenters. The molecule has 1 N–H and O–H groups in total. The second-order valence-electron chi connectivity index (χ2n) is 4.40. The molecule has 1 atom stereocenters. The third-order valence-electron chi connectivity index (χ3n) is 2.32. The first-order chi connectivity index (χ1) is 7.61. The molecule has 4 nitrogen and oxygen atoms in total. The Morgan fingerprint density at radius 2 is 2.19 bits per heavy atom. The van der Waals surface area contributed by atoms with Crippen LogP contribution in [0.3, 0.4) is 0 Å². The molecule has 92 valence electrons. The summed E-state index contributed by atoms with van der Waals surface area (Å²) in [5.74, 6) is 0.967. The fourth-order valence-corrected chi connectivity index (χ4v) is 2.10. The van der Waals surface area contributed by atoms with E-state index in [0.29, 0.717) is 6.04 Å². The summed E-state index contributed by atoms with van der Waals surface area (Å²) < 4.78 is 4.31. The van der Waals surface area contributed by atoms with Crippen LogP contribution in [0.4, 0.5) is 5.13 Å². The summed E-state index contributed by atoms with van der Waals surface area (Å²) in [4.78, 5) is 6.64. The van der Waals surface area contributed by atoms with Crippen molar-refractivity contribution in [2.75, 3.05) is 26.0 Å². The van der Waals surface area contributed by atoms with Crippen molar-refractivity contribution in [3.05, 3.63) is 5.82 Å². The van der Waals surface area contributed by atoms with E-state index in [1.807, 2.05) is 0 Å². The van der Waals surface area contributed by atoms with E-state index in [2.05, 4.69) is 47.5 Å². The minimum atomic E-state index is 0.449. The van der Waals surface area contributed by atoms with Gasteiger partial charge in [0, 0.05) is 24.0 Å². The topological polar surface area (TPSA) is 41.1 Å². The third kappa shape index (κ3) is 4.90. The van der Waals surface area contributed by atoms with Crippen molar-refractivity contribution in [2.45, 2.75) is 39.2 Å². The van der Waals surface area contributed by atoms with Gasteiger partial charge >= 0.3 is 0 Å². The van der Waals surface area contributed by atoms with Gasteiger partial charge in [0.25, 0.3) is 0 Å². The smallest absolute Gasteiger partial charge is 0.202 e. The molecule has 0 spiro atoms. The molecule has 0 radical (unpaired) electrons. The number of hydrogen-bond acceptors (Lipinski definition) is 5. The van der Waals surface area contributed by atoms with Gasteiger partial charge in [-0.3, -0.25) is 0 Å². The predicted molar refractivity (Wildman–Crippen MR) is 70.2 cm³/mol. The van der Waals surface area contributed by atoms with E-state index >= 15 is 0 Å². The highest BCUT2D eigenvalue weighted by molar-refractivity contribution is 7.09. The summed E-state index contributed by atoms with van der Waals surface area (Å²) in [6, 6.07) is 0.449. The SMILES string of the molecule is CCCc1nsc(NC(C)CCN(C)C)n1. The Morgan fingerprint density at radius 3 is 2.81 bits per heavy atom. The lowest BCUT2D eigenvalue weighted by atomic mass is 10.2. The molecular formula is C11H22N4S. The van der Waals surface area contributed by atoms with E-state index < -0.39 is 0 Å². The molecule has 1 aromatic heterocycles. The first kappa shape index (κ1) is 13.4. The van der Waals surface area contributed by atoms with Gasteiger partial charge in [-0.05, 0) is 40.4 Å². The van der Waals surface area contributed by atoms with Crippen LogP contribution >= 0.6 is 11.5 Å². The normalized spacial score (nSPS) is 13.1. The van der Waals surface area contributed by atoms with E-state index in [-0.39, 0.29) is 0 Å². The van der Waals surface area contributed by atoms with Crippen LogP contribution in [0.25, 0.3) is 0 Å². The summed E-state index contributed by atoms with van der Waals surface area (Å²) in [5, 5.41) is 4.35. The van der Waals surface area contributed by atoms with Gasteiger partial charge in [-0.25, -0.2) is 4.98 Å². The van der Waals surface area contributed by atoms with Crippen LogP contribution in [0.15, 0.2) is 0 Å². The van der Waals surface area contributed by atoms with Crippen LogP contribution in [-0.2, 0) is 6.42 Å². The molecule has 0 saturated carbocycles. The van der Waals surface area contributed by atoms with Gasteiger partial charge in [0.1, 0.15) is 5.82 Å². The van der Waals surface area contributed by atoms with Gasteiger partial charge in [-0.1, -0.05) is 6.92 Å². The average Bonchev–Trinajstić information content (AvgIpc) is 2.63. The van der Waals surface area contributed by atoms with Gasteiger partial charge in [0.2, 0.25) is 5.13 Å². The maximum Gasteiger partial charge on any atom is 0.202 e. The largest absolute Gasteiger partial charge is 0.358 e. The Hall–Kier alpha value is -0.680. The molecule has 0 aliphatic rings. The van der Waals surface area contributed by atoms with Gasteiger partial charge in [-0.2, -0.15) is 4.37 Å². The van der Waals surface area contributed by atoms with Crippen LogP contribution in [-0.4, -0.2) is 40.9 Å². The maximum absolute atomic E-state index is 4.45. The van der Waals surface area contributed by atoms with E-state index in [1.165, 1.54) is 11.5 Å². The van der Waals surface area contributed by atoms with E-state index in [1.54, 1.807) is 0 Å². The van der Waals surface area contributed by atoms with Crippen LogP contribution in [0.5, 0.6) is 0 Å². The van der Waals surface area contributed by atoms with Gasteiger partial charge in [0.05, 0.1) is 0 Å². The maximum atomic E-state index is 4.45. The highest BCUT2D eigenvalue weighted by Crippen LogP contribution is 2.14. The number of aryl methyl sites for hydroxylation is 1. The molecule has 1 rings (SSSR count). The second-order valence-corrected chi connectivity index (χ2v) is 5.15. The van der Waals surface area contributed by atoms with Crippen LogP contribution < -0.4 is 5.32 Å². The standard InChI is InChI=1S/C11H22N4S/c1-5-6-10-13-11(16-14-10)12-9(2)7-8-15(3)4/h9H,5-8H2,1-4H3,(H,12,13,14). The van der Waals surface area contributed by atoms with Gasteiger partial charge in [0.15, 0.2) is 0 Å². The van der Waals surface area contributed by atoms with Crippen molar-refractivity contribution in [2.24, 2.45) is 0 Å². The lowest BCUT2D eigenvalue weighted by Gasteiger charge is -2.15. The lowest BCUT2D eigenvalue weighted by molar-refractivity contribution is 0.390. The van der Waals surface area contributed by atoms with Crippen LogP contribution in [0.2, 0.25) is 0 Å². The molecule has 0 aromatic carbocycles. The third-order valence-corrected chi connectivity index (χ3v) is 3.01. The summed E-state index contributed by atoms with van der Waals surface area (Å²) >= 11 is 1.47. The Kier molecular flexibility index (Phi) is 5.69. The first-order valence-electron chi connectivity index (χ1n) is 5.85. The number of aromatic nitrogens is 2. The van der Waals surface area contributed by atoms with E-state index in [4.69, 9.17) is 0 Å². The van der Waals surface area contributed by atoms with Crippen molar-refractivity contribution in [1.82, 2.24) is 14.3 Å². The summed E-state index contributed by atoms with van der Waals surface area (Å²) in [6.07, 6.45) is 3.20. The fraction of sp³-hybridized carbons (Fsp3) is 0.818. The summed E-state index contributed by atoms with van der Waals surface area (Å²) in [5.41, 5.74) is 0. The molecule has 16 heavy (non-hydrogen) atoms. The molecular weight excluding hydrogens is 220 g/mol. The number of nitrogens with one attached hydrogen (secondary N) is 1. The van der Waals surface area contributed by atoms with Gasteiger partial charge < -0.3 is 10.2 Å². The number of nitrogens with zero attached hydrogens (tertiary/aromatic N) is 3. The zero-order valence-electron chi connectivity index (χ0n) is 10.7. The Balaban J connectivity index is 2.34. The van der Waals surface area contributed by atoms with E-state index in [0.717, 1.165) is 36.8 Å². The lowest BCUT2D eigenvalue weighted by Crippen LogP contribution is -2.22. The number of hydrogen-bond donors (Lipinski definition) is 1. The minimum absolute atomic E-state index is 0.449. The summed E-state index contributed by atoms with van der Waals surface area (Å²) in [7, 11) is 4.19. The van der Waals surface area contributed by atoms with Gasteiger partial charge in [-0.15, -0.1) is 0 Å². The highest BCUT2D eigenvalue weighted by atomic mass is 32.1. The quantitative estimate of drug-likeness (QED) is 0.796. The van der Waals surface area contributed by atoms with Crippen LogP contribution in [0, 0.1) is 0 Å². The van der Waals surface area contributed by atoms with Crippen molar-refractivity contribution < 1.29 is 0 Å². The van der Waals surface area contributed by atoms with Crippen molar-refractivity contribution in [3.63, 3.8) is 0 Å². The van der Waals surface area contributed by atoms with Crippen molar-refractivity contribution >= 4 is 16.7 Å². The average molecular weight is 242 g/mol. The molecule has 1 aromatic rings. The monoisotopic (exact) mass is 242 g/mol.